The van der Waals surface area contributed by atoms with E-state index in [1.165, 1.54) is 6.33 Å². The molecule has 2 aromatic rings. The van der Waals surface area contributed by atoms with Gasteiger partial charge in [0.05, 0.1) is 5.69 Å². The van der Waals surface area contributed by atoms with Crippen LogP contribution < -0.4 is 10.2 Å². The summed E-state index contributed by atoms with van der Waals surface area (Å²) >= 11 is 0. The second kappa shape index (κ2) is 8.44. The van der Waals surface area contributed by atoms with Crippen LogP contribution in [-0.2, 0) is 4.79 Å². The van der Waals surface area contributed by atoms with Crippen molar-refractivity contribution in [3.8, 4) is 0 Å². The maximum atomic E-state index is 12.4. The zero-order valence-electron chi connectivity index (χ0n) is 15.9. The van der Waals surface area contributed by atoms with Crippen molar-refractivity contribution >= 4 is 22.8 Å². The van der Waals surface area contributed by atoms with E-state index in [-0.39, 0.29) is 11.8 Å². The monoisotopic (exact) mass is 360 g/mol. The molecule has 0 bridgehead atoms. The van der Waals surface area contributed by atoms with E-state index in [2.05, 4.69) is 44.1 Å². The van der Waals surface area contributed by atoms with Crippen molar-refractivity contribution < 1.29 is 9.32 Å². The predicted octanol–water partition coefficient (Wildman–Crippen LogP) is 1.60. The van der Waals surface area contributed by atoms with Crippen LogP contribution in [0.4, 0.5) is 5.82 Å². The van der Waals surface area contributed by atoms with Crippen molar-refractivity contribution in [1.82, 2.24) is 25.3 Å². The molecule has 8 nitrogen and oxygen atoms in total. The first kappa shape index (κ1) is 18.6. The van der Waals surface area contributed by atoms with Crippen molar-refractivity contribution in [3.05, 3.63) is 12.0 Å². The van der Waals surface area contributed by atoms with Gasteiger partial charge in [-0.3, -0.25) is 4.79 Å². The van der Waals surface area contributed by atoms with E-state index in [1.807, 2.05) is 6.92 Å². The van der Waals surface area contributed by atoms with E-state index in [1.54, 1.807) is 0 Å². The first-order chi connectivity index (χ1) is 12.6. The standard InChI is InChI=1S/C18H28N6O2/c1-4-23(5-2)11-8-19-17(25)14-6-9-24(10-7-14)16-15-13(3)22-26-18(15)21-12-20-16/h12,14H,4-11H2,1-3H3,(H,19,25). The summed E-state index contributed by atoms with van der Waals surface area (Å²) in [7, 11) is 0. The van der Waals surface area contributed by atoms with Gasteiger partial charge in [-0.15, -0.1) is 0 Å². The molecule has 1 aliphatic heterocycles. The quantitative estimate of drug-likeness (QED) is 0.802. The van der Waals surface area contributed by atoms with Crippen LogP contribution in [0.3, 0.4) is 0 Å². The highest BCUT2D eigenvalue weighted by molar-refractivity contribution is 5.88. The Balaban J connectivity index is 1.54. The third kappa shape index (κ3) is 3.95. The van der Waals surface area contributed by atoms with E-state index in [9.17, 15) is 4.79 Å². The number of piperidine rings is 1. The van der Waals surface area contributed by atoms with Crippen LogP contribution in [0, 0.1) is 12.8 Å². The molecule has 26 heavy (non-hydrogen) atoms. The van der Waals surface area contributed by atoms with Crippen LogP contribution in [0.15, 0.2) is 10.9 Å². The molecule has 1 amide bonds. The minimum Gasteiger partial charge on any atom is -0.356 e. The minimum absolute atomic E-state index is 0.0730. The SMILES string of the molecule is CCN(CC)CCNC(=O)C1CCN(c2ncnc3onc(C)c23)CC1. The van der Waals surface area contributed by atoms with Crippen LogP contribution in [0.1, 0.15) is 32.4 Å². The smallest absolute Gasteiger partial charge is 0.263 e. The summed E-state index contributed by atoms with van der Waals surface area (Å²) in [5, 5.41) is 7.95. The number of aryl methyl sites for hydroxylation is 1. The van der Waals surface area contributed by atoms with Gasteiger partial charge in [-0.25, -0.2) is 4.98 Å². The third-order valence-corrected chi connectivity index (χ3v) is 5.21. The van der Waals surface area contributed by atoms with Crippen LogP contribution in [0.2, 0.25) is 0 Å². The van der Waals surface area contributed by atoms with Crippen molar-refractivity contribution in [2.24, 2.45) is 5.92 Å². The first-order valence-corrected chi connectivity index (χ1v) is 9.46. The molecule has 142 valence electrons. The maximum Gasteiger partial charge on any atom is 0.263 e. The summed E-state index contributed by atoms with van der Waals surface area (Å²) in [4.78, 5) is 25.5. The Morgan fingerprint density at radius 1 is 1.31 bits per heavy atom. The molecule has 3 rings (SSSR count). The number of fused-ring (bicyclic) bond motifs is 1. The number of likely N-dealkylation sites (N-methyl/N-ethyl adjacent to an activating group) is 1. The molecule has 0 aromatic carbocycles. The second-order valence-electron chi connectivity index (χ2n) is 6.72. The van der Waals surface area contributed by atoms with Gasteiger partial charge >= 0.3 is 0 Å². The molecule has 0 radical (unpaired) electrons. The zero-order chi connectivity index (χ0) is 18.5. The number of nitrogens with one attached hydrogen (secondary N) is 1. The van der Waals surface area contributed by atoms with Gasteiger partial charge in [-0.2, -0.15) is 4.98 Å². The van der Waals surface area contributed by atoms with Gasteiger partial charge in [0.25, 0.3) is 5.71 Å². The summed E-state index contributed by atoms with van der Waals surface area (Å²) in [5.74, 6) is 1.10. The fourth-order valence-electron chi connectivity index (χ4n) is 3.52. The molecule has 1 N–H and O–H groups in total. The average molecular weight is 360 g/mol. The Bertz CT molecular complexity index is 734. The Morgan fingerprint density at radius 2 is 2.04 bits per heavy atom. The largest absolute Gasteiger partial charge is 0.356 e. The molecule has 1 saturated heterocycles. The lowest BCUT2D eigenvalue weighted by atomic mass is 9.95. The number of hydrogen-bond donors (Lipinski definition) is 1. The van der Waals surface area contributed by atoms with Crippen molar-refractivity contribution in [2.75, 3.05) is 44.2 Å². The summed E-state index contributed by atoms with van der Waals surface area (Å²) < 4.78 is 5.23. The molecule has 0 aliphatic carbocycles. The third-order valence-electron chi connectivity index (χ3n) is 5.21. The highest BCUT2D eigenvalue weighted by Gasteiger charge is 2.27. The van der Waals surface area contributed by atoms with Gasteiger partial charge in [0.1, 0.15) is 17.5 Å². The number of nitrogens with zero attached hydrogens (tertiary/aromatic N) is 5. The molecular formula is C18H28N6O2. The molecule has 0 atom stereocenters. The van der Waals surface area contributed by atoms with E-state index >= 15 is 0 Å². The number of carbonyl (C=O) groups excluding carboxylic acids is 1. The molecule has 1 fully saturated rings. The highest BCUT2D eigenvalue weighted by atomic mass is 16.5. The summed E-state index contributed by atoms with van der Waals surface area (Å²) in [5.41, 5.74) is 1.32. The van der Waals surface area contributed by atoms with Gasteiger partial charge in [-0.05, 0) is 32.9 Å². The lowest BCUT2D eigenvalue weighted by molar-refractivity contribution is -0.125. The second-order valence-corrected chi connectivity index (χ2v) is 6.72. The summed E-state index contributed by atoms with van der Waals surface area (Å²) in [6.45, 7) is 11.4. The first-order valence-electron chi connectivity index (χ1n) is 9.46. The molecule has 2 aromatic heterocycles. The lowest BCUT2D eigenvalue weighted by Gasteiger charge is -2.32. The number of hydrogen-bond acceptors (Lipinski definition) is 7. The van der Waals surface area contributed by atoms with Crippen molar-refractivity contribution in [2.45, 2.75) is 33.6 Å². The molecule has 1 aliphatic rings. The molecule has 0 saturated carbocycles. The predicted molar refractivity (Wildman–Crippen MR) is 100 cm³/mol. The van der Waals surface area contributed by atoms with Gasteiger partial charge in [0, 0.05) is 32.1 Å². The average Bonchev–Trinajstić information content (AvgIpc) is 3.06. The molecule has 3 heterocycles. The summed E-state index contributed by atoms with van der Waals surface area (Å²) in [6, 6.07) is 0. The number of amides is 1. The fraction of sp³-hybridized carbons (Fsp3) is 0.667. The van der Waals surface area contributed by atoms with Crippen LogP contribution in [0.25, 0.3) is 11.1 Å². The Hall–Kier alpha value is -2.22. The van der Waals surface area contributed by atoms with E-state index in [0.29, 0.717) is 12.3 Å². The van der Waals surface area contributed by atoms with E-state index in [4.69, 9.17) is 4.52 Å². The maximum absolute atomic E-state index is 12.4. The topological polar surface area (TPSA) is 87.4 Å². The van der Waals surface area contributed by atoms with Gasteiger partial charge in [-0.1, -0.05) is 19.0 Å². The Labute approximate surface area is 153 Å². The Morgan fingerprint density at radius 3 is 2.73 bits per heavy atom. The van der Waals surface area contributed by atoms with E-state index < -0.39 is 0 Å². The normalized spacial score (nSPS) is 15.8. The van der Waals surface area contributed by atoms with Crippen molar-refractivity contribution in [1.29, 1.82) is 0 Å². The minimum atomic E-state index is 0.0730. The lowest BCUT2D eigenvalue weighted by Crippen LogP contribution is -2.43. The number of aromatic nitrogens is 3. The van der Waals surface area contributed by atoms with Gasteiger partial charge in [0.2, 0.25) is 5.91 Å². The molecular weight excluding hydrogens is 332 g/mol. The van der Waals surface area contributed by atoms with Crippen molar-refractivity contribution in [3.63, 3.8) is 0 Å². The number of anilines is 1. The van der Waals surface area contributed by atoms with Crippen LogP contribution in [-0.4, -0.2) is 65.2 Å². The van der Waals surface area contributed by atoms with Crippen LogP contribution in [0.5, 0.6) is 0 Å². The molecule has 0 unspecified atom stereocenters. The van der Waals surface area contributed by atoms with E-state index in [0.717, 1.165) is 62.5 Å². The fourth-order valence-corrected chi connectivity index (χ4v) is 3.52. The molecule has 0 spiro atoms. The summed E-state index contributed by atoms with van der Waals surface area (Å²) in [6.07, 6.45) is 3.16. The van der Waals surface area contributed by atoms with Gasteiger partial charge < -0.3 is 19.6 Å². The number of rotatable bonds is 7. The highest BCUT2D eigenvalue weighted by Crippen LogP contribution is 2.29. The van der Waals surface area contributed by atoms with Crippen LogP contribution >= 0.6 is 0 Å². The Kier molecular flexibility index (Phi) is 6.03. The number of carbonyl (C=O) groups is 1. The van der Waals surface area contributed by atoms with Gasteiger partial charge in [0.15, 0.2) is 0 Å². The molecule has 8 heteroatoms. The zero-order valence-corrected chi connectivity index (χ0v) is 15.9.